The van der Waals surface area contributed by atoms with Crippen molar-refractivity contribution in [1.82, 2.24) is 20.0 Å². The minimum absolute atomic E-state index is 0.0777. The number of likely N-dealkylation sites (tertiary alicyclic amines) is 1. The van der Waals surface area contributed by atoms with Crippen LogP contribution in [0.2, 0.25) is 0 Å². The van der Waals surface area contributed by atoms with Crippen LogP contribution >= 0.6 is 0 Å². The van der Waals surface area contributed by atoms with Crippen LogP contribution in [-0.4, -0.2) is 82.9 Å². The molecular formula is C23H40N4O2. The van der Waals surface area contributed by atoms with Gasteiger partial charge in [-0.15, -0.1) is 0 Å². The maximum absolute atomic E-state index is 13.6. The second-order valence-corrected chi connectivity index (χ2v) is 10.6. The summed E-state index contributed by atoms with van der Waals surface area (Å²) in [5, 5.41) is 3.52. The first-order chi connectivity index (χ1) is 13.8. The Kier molecular flexibility index (Phi) is 5.95. The van der Waals surface area contributed by atoms with Crippen molar-refractivity contribution in [2.24, 2.45) is 11.8 Å². The molecular weight excluding hydrogens is 364 g/mol. The molecule has 1 aliphatic carbocycles. The number of rotatable bonds is 4. The van der Waals surface area contributed by atoms with Crippen molar-refractivity contribution >= 4 is 11.8 Å². The molecule has 164 valence electrons. The molecule has 1 spiro atoms. The van der Waals surface area contributed by atoms with Gasteiger partial charge in [-0.1, -0.05) is 19.8 Å². The van der Waals surface area contributed by atoms with Crippen LogP contribution < -0.4 is 5.32 Å². The fraction of sp³-hybridized carbons (Fsp3) is 0.913. The van der Waals surface area contributed by atoms with E-state index in [4.69, 9.17) is 0 Å². The van der Waals surface area contributed by atoms with Gasteiger partial charge in [-0.05, 0) is 64.8 Å². The Morgan fingerprint density at radius 1 is 1.07 bits per heavy atom. The Hall–Kier alpha value is -1.14. The zero-order chi connectivity index (χ0) is 20.8. The average Bonchev–Trinajstić information content (AvgIpc) is 2.64. The number of carbonyl (C=O) groups is 2. The number of nitrogens with zero attached hydrogens (tertiary/aromatic N) is 3. The quantitative estimate of drug-likeness (QED) is 0.780. The molecule has 0 aromatic rings. The molecule has 0 radical (unpaired) electrons. The van der Waals surface area contributed by atoms with Crippen LogP contribution in [0.25, 0.3) is 0 Å². The normalized spacial score (nSPS) is 36.0. The minimum Gasteiger partial charge on any atom is -0.329 e. The summed E-state index contributed by atoms with van der Waals surface area (Å²) in [7, 11) is 0. The lowest BCUT2D eigenvalue weighted by molar-refractivity contribution is -0.185. The Balaban J connectivity index is 1.51. The number of carbonyl (C=O) groups excluding carboxylic acids is 2. The van der Waals surface area contributed by atoms with Gasteiger partial charge in [-0.3, -0.25) is 14.5 Å². The molecule has 2 unspecified atom stereocenters. The van der Waals surface area contributed by atoms with Gasteiger partial charge in [0.25, 0.3) is 5.91 Å². The van der Waals surface area contributed by atoms with E-state index in [9.17, 15) is 9.59 Å². The lowest BCUT2D eigenvalue weighted by Gasteiger charge is -2.61. The van der Waals surface area contributed by atoms with Crippen molar-refractivity contribution in [1.29, 1.82) is 0 Å². The number of piperazine rings is 1. The summed E-state index contributed by atoms with van der Waals surface area (Å²) >= 11 is 0. The predicted octanol–water partition coefficient (Wildman–Crippen LogP) is 2.09. The van der Waals surface area contributed by atoms with Gasteiger partial charge in [-0.2, -0.15) is 0 Å². The van der Waals surface area contributed by atoms with Crippen molar-refractivity contribution in [3.05, 3.63) is 0 Å². The standard InChI is InChI=1S/C23H40N4O2/c1-16(2)26-13-21(28)27(12-19-7-5-17(3)6-8-19)23(22(26)29)14-25(15-23)20-9-10-24-18(4)11-20/h16-20,24H,5-15H2,1-4H3. The van der Waals surface area contributed by atoms with Gasteiger partial charge >= 0.3 is 0 Å². The first kappa shape index (κ1) is 21.1. The van der Waals surface area contributed by atoms with E-state index in [0.29, 0.717) is 18.0 Å². The number of hydrogen-bond acceptors (Lipinski definition) is 4. The van der Waals surface area contributed by atoms with Crippen LogP contribution in [0.15, 0.2) is 0 Å². The summed E-state index contributed by atoms with van der Waals surface area (Å²) in [6.07, 6.45) is 7.16. The molecule has 6 nitrogen and oxygen atoms in total. The van der Waals surface area contributed by atoms with Gasteiger partial charge in [0.1, 0.15) is 12.1 Å². The molecule has 0 aromatic heterocycles. The number of nitrogens with one attached hydrogen (secondary N) is 1. The van der Waals surface area contributed by atoms with Crippen LogP contribution in [0, 0.1) is 11.8 Å². The summed E-state index contributed by atoms with van der Waals surface area (Å²) in [5.74, 6) is 1.71. The maximum atomic E-state index is 13.6. The lowest BCUT2D eigenvalue weighted by Crippen LogP contribution is -2.82. The van der Waals surface area contributed by atoms with Gasteiger partial charge in [0.15, 0.2) is 0 Å². The molecule has 2 atom stereocenters. The smallest absolute Gasteiger partial charge is 0.251 e. The van der Waals surface area contributed by atoms with Crippen LogP contribution in [0.1, 0.15) is 66.2 Å². The highest BCUT2D eigenvalue weighted by molar-refractivity contribution is 5.99. The van der Waals surface area contributed by atoms with Crippen LogP contribution in [0.5, 0.6) is 0 Å². The van der Waals surface area contributed by atoms with Gasteiger partial charge in [0.05, 0.1) is 0 Å². The highest BCUT2D eigenvalue weighted by atomic mass is 16.2. The van der Waals surface area contributed by atoms with Crippen molar-refractivity contribution in [2.75, 3.05) is 32.7 Å². The number of piperidine rings is 1. The monoisotopic (exact) mass is 404 g/mol. The highest BCUT2D eigenvalue weighted by Crippen LogP contribution is 2.39. The fourth-order valence-corrected chi connectivity index (χ4v) is 6.01. The van der Waals surface area contributed by atoms with Gasteiger partial charge < -0.3 is 15.1 Å². The van der Waals surface area contributed by atoms with E-state index in [-0.39, 0.29) is 24.4 Å². The zero-order valence-corrected chi connectivity index (χ0v) is 18.8. The van der Waals surface area contributed by atoms with E-state index in [2.05, 4.69) is 24.1 Å². The lowest BCUT2D eigenvalue weighted by atomic mass is 9.78. The van der Waals surface area contributed by atoms with E-state index < -0.39 is 5.54 Å². The van der Waals surface area contributed by atoms with Crippen LogP contribution in [0.4, 0.5) is 0 Å². The first-order valence-electron chi connectivity index (χ1n) is 11.9. The molecule has 4 fully saturated rings. The van der Waals surface area contributed by atoms with Crippen molar-refractivity contribution < 1.29 is 9.59 Å². The third kappa shape index (κ3) is 3.95. The topological polar surface area (TPSA) is 55.9 Å². The summed E-state index contributed by atoms with van der Waals surface area (Å²) in [5.41, 5.74) is -0.614. The fourth-order valence-electron chi connectivity index (χ4n) is 6.01. The van der Waals surface area contributed by atoms with Crippen molar-refractivity contribution in [2.45, 2.75) is 89.9 Å². The van der Waals surface area contributed by atoms with Crippen molar-refractivity contribution in [3.8, 4) is 0 Å². The molecule has 3 heterocycles. The molecule has 0 aromatic carbocycles. The van der Waals surface area contributed by atoms with Crippen LogP contribution in [-0.2, 0) is 9.59 Å². The van der Waals surface area contributed by atoms with E-state index in [1.54, 1.807) is 0 Å². The van der Waals surface area contributed by atoms with E-state index in [0.717, 1.165) is 44.9 Å². The molecule has 0 bridgehead atoms. The SMILES string of the molecule is CC1CCC(CN2C(=O)CN(C(C)C)C(=O)C23CN(C2CCNC(C)C2)C3)CC1. The third-order valence-corrected chi connectivity index (χ3v) is 8.02. The summed E-state index contributed by atoms with van der Waals surface area (Å²) in [6.45, 7) is 12.2. The Morgan fingerprint density at radius 3 is 2.38 bits per heavy atom. The molecule has 3 saturated heterocycles. The van der Waals surface area contributed by atoms with Crippen molar-refractivity contribution in [3.63, 3.8) is 0 Å². The zero-order valence-electron chi connectivity index (χ0n) is 18.8. The third-order valence-electron chi connectivity index (χ3n) is 8.02. The van der Waals surface area contributed by atoms with Crippen LogP contribution in [0.3, 0.4) is 0 Å². The minimum atomic E-state index is -0.614. The molecule has 29 heavy (non-hydrogen) atoms. The van der Waals surface area contributed by atoms with Gasteiger partial charge in [0.2, 0.25) is 5.91 Å². The van der Waals surface area contributed by atoms with E-state index >= 15 is 0 Å². The number of hydrogen-bond donors (Lipinski definition) is 1. The van der Waals surface area contributed by atoms with E-state index in [1.165, 1.54) is 25.7 Å². The maximum Gasteiger partial charge on any atom is 0.251 e. The Morgan fingerprint density at radius 2 is 1.76 bits per heavy atom. The molecule has 4 aliphatic rings. The molecule has 2 amide bonds. The molecule has 1 N–H and O–H groups in total. The predicted molar refractivity (Wildman–Crippen MR) is 114 cm³/mol. The molecule has 6 heteroatoms. The second kappa shape index (κ2) is 8.18. The summed E-state index contributed by atoms with van der Waals surface area (Å²) in [4.78, 5) is 33.2. The van der Waals surface area contributed by atoms with E-state index in [1.807, 2.05) is 23.6 Å². The average molecular weight is 405 g/mol. The Bertz CT molecular complexity index is 622. The first-order valence-corrected chi connectivity index (χ1v) is 11.9. The molecule has 1 saturated carbocycles. The van der Waals surface area contributed by atoms with Gasteiger partial charge in [0, 0.05) is 37.8 Å². The highest BCUT2D eigenvalue weighted by Gasteiger charge is 2.60. The largest absolute Gasteiger partial charge is 0.329 e. The van der Waals surface area contributed by atoms with Gasteiger partial charge in [-0.25, -0.2) is 0 Å². The Labute approximate surface area is 176 Å². The molecule has 3 aliphatic heterocycles. The summed E-state index contributed by atoms with van der Waals surface area (Å²) in [6, 6.07) is 1.14. The number of amides is 2. The second-order valence-electron chi connectivity index (χ2n) is 10.6. The summed E-state index contributed by atoms with van der Waals surface area (Å²) < 4.78 is 0. The molecule has 4 rings (SSSR count).